The van der Waals surface area contributed by atoms with E-state index in [4.69, 9.17) is 0 Å². The number of nitrogens with zero attached hydrogens (tertiary/aromatic N) is 3. The van der Waals surface area contributed by atoms with Gasteiger partial charge in [0.25, 0.3) is 0 Å². The molecule has 2 rings (SSSR count). The molecule has 0 bridgehead atoms. The minimum absolute atomic E-state index is 0.373. The van der Waals surface area contributed by atoms with Gasteiger partial charge < -0.3 is 5.32 Å². The van der Waals surface area contributed by atoms with E-state index in [1.165, 1.54) is 17.1 Å². The smallest absolute Gasteiger partial charge is 0.202 e. The van der Waals surface area contributed by atoms with Crippen LogP contribution in [-0.4, -0.2) is 14.3 Å². The second-order valence-corrected chi connectivity index (χ2v) is 5.18. The maximum Gasteiger partial charge on any atom is 0.202 e. The highest BCUT2D eigenvalue weighted by molar-refractivity contribution is 7.09. The summed E-state index contributed by atoms with van der Waals surface area (Å²) in [5, 5.41) is 4.16. The molecule has 5 heteroatoms. The predicted octanol–water partition coefficient (Wildman–Crippen LogP) is 3.23. The third-order valence-electron chi connectivity index (χ3n) is 2.73. The number of hydrogen-bond donors (Lipinski definition) is 1. The number of pyridine rings is 1. The van der Waals surface area contributed by atoms with Gasteiger partial charge in [-0.05, 0) is 18.1 Å². The van der Waals surface area contributed by atoms with Gasteiger partial charge in [-0.2, -0.15) is 4.37 Å². The first-order valence-corrected chi connectivity index (χ1v) is 6.98. The summed E-state index contributed by atoms with van der Waals surface area (Å²) in [6.45, 7) is 7.04. The molecule has 0 saturated carbocycles. The summed E-state index contributed by atoms with van der Waals surface area (Å²) >= 11 is 1.41. The van der Waals surface area contributed by atoms with E-state index >= 15 is 0 Å². The van der Waals surface area contributed by atoms with Gasteiger partial charge in [-0.1, -0.05) is 26.8 Å². The van der Waals surface area contributed by atoms with Crippen molar-refractivity contribution >= 4 is 16.7 Å². The van der Waals surface area contributed by atoms with Crippen molar-refractivity contribution in [1.29, 1.82) is 0 Å². The van der Waals surface area contributed by atoms with Gasteiger partial charge in [-0.25, -0.2) is 4.98 Å². The number of aromatic nitrogens is 3. The molecule has 2 heterocycles. The Balaban J connectivity index is 2.02. The molecule has 0 spiro atoms. The van der Waals surface area contributed by atoms with Gasteiger partial charge in [0.15, 0.2) is 0 Å². The molecule has 96 valence electrons. The van der Waals surface area contributed by atoms with Crippen molar-refractivity contribution in [2.24, 2.45) is 0 Å². The molecule has 0 fully saturated rings. The van der Waals surface area contributed by atoms with E-state index in [0.29, 0.717) is 12.5 Å². The van der Waals surface area contributed by atoms with E-state index in [0.717, 1.165) is 23.1 Å². The van der Waals surface area contributed by atoms with E-state index in [1.54, 1.807) is 0 Å². The summed E-state index contributed by atoms with van der Waals surface area (Å²) in [7, 11) is 0. The number of hydrogen-bond acceptors (Lipinski definition) is 5. The van der Waals surface area contributed by atoms with Crippen LogP contribution in [0.1, 0.15) is 43.8 Å². The quantitative estimate of drug-likeness (QED) is 0.898. The van der Waals surface area contributed by atoms with Gasteiger partial charge >= 0.3 is 0 Å². The van der Waals surface area contributed by atoms with Crippen molar-refractivity contribution in [3.8, 4) is 0 Å². The summed E-state index contributed by atoms with van der Waals surface area (Å²) in [4.78, 5) is 8.85. The fourth-order valence-corrected chi connectivity index (χ4v) is 2.36. The second kappa shape index (κ2) is 5.91. The van der Waals surface area contributed by atoms with Gasteiger partial charge in [0.1, 0.15) is 5.82 Å². The molecule has 0 unspecified atom stereocenters. The molecular weight excluding hydrogens is 244 g/mol. The van der Waals surface area contributed by atoms with Crippen LogP contribution in [0.3, 0.4) is 0 Å². The first-order chi connectivity index (χ1) is 8.70. The Morgan fingerprint density at radius 1 is 1.39 bits per heavy atom. The van der Waals surface area contributed by atoms with Gasteiger partial charge in [-0.15, -0.1) is 0 Å². The number of nitrogens with one attached hydrogen (secondary N) is 1. The van der Waals surface area contributed by atoms with Gasteiger partial charge in [0.05, 0.1) is 12.2 Å². The van der Waals surface area contributed by atoms with Crippen molar-refractivity contribution in [1.82, 2.24) is 14.3 Å². The number of anilines is 1. The van der Waals surface area contributed by atoms with E-state index in [9.17, 15) is 0 Å². The second-order valence-electron chi connectivity index (χ2n) is 4.43. The average Bonchev–Trinajstić information content (AvgIpc) is 2.85. The van der Waals surface area contributed by atoms with Crippen molar-refractivity contribution in [2.75, 3.05) is 5.32 Å². The molecule has 0 aliphatic heterocycles. The molecule has 0 atom stereocenters. The van der Waals surface area contributed by atoms with E-state index in [2.05, 4.69) is 46.5 Å². The lowest BCUT2D eigenvalue weighted by Gasteiger charge is -2.06. The fourth-order valence-electron chi connectivity index (χ4n) is 1.65. The largest absolute Gasteiger partial charge is 0.355 e. The molecule has 1 N–H and O–H groups in total. The molecule has 0 aromatic carbocycles. The Morgan fingerprint density at radius 3 is 2.89 bits per heavy atom. The number of rotatable bonds is 5. The Bertz CT molecular complexity index is 507. The Hall–Kier alpha value is -1.49. The van der Waals surface area contributed by atoms with Crippen LogP contribution in [0.15, 0.2) is 18.3 Å². The summed E-state index contributed by atoms with van der Waals surface area (Å²) in [5.41, 5.74) is 2.36. The minimum atomic E-state index is 0.373. The van der Waals surface area contributed by atoms with Gasteiger partial charge in [-0.3, -0.25) is 4.98 Å². The lowest BCUT2D eigenvalue weighted by Crippen LogP contribution is -2.04. The normalized spacial score (nSPS) is 10.9. The monoisotopic (exact) mass is 262 g/mol. The fraction of sp³-hybridized carbons (Fsp3) is 0.462. The first kappa shape index (κ1) is 13.0. The van der Waals surface area contributed by atoms with Crippen molar-refractivity contribution < 1.29 is 0 Å². The molecule has 18 heavy (non-hydrogen) atoms. The summed E-state index contributed by atoms with van der Waals surface area (Å²) in [6.07, 6.45) is 2.83. The van der Waals surface area contributed by atoms with Crippen LogP contribution in [0, 0.1) is 0 Å². The topological polar surface area (TPSA) is 50.7 Å². The highest BCUT2D eigenvalue weighted by Gasteiger charge is 2.08. The van der Waals surface area contributed by atoms with Crippen molar-refractivity contribution in [2.45, 2.75) is 39.7 Å². The Labute approximate surface area is 112 Å². The van der Waals surface area contributed by atoms with E-state index in [1.807, 2.05) is 12.3 Å². The summed E-state index contributed by atoms with van der Waals surface area (Å²) < 4.78 is 4.32. The lowest BCUT2D eigenvalue weighted by molar-refractivity contribution is 0.798. The molecule has 4 nitrogen and oxygen atoms in total. The molecule has 0 aliphatic carbocycles. The Morgan fingerprint density at radius 2 is 2.22 bits per heavy atom. The third-order valence-corrected chi connectivity index (χ3v) is 3.42. The SMILES string of the molecule is CCc1cccnc1CNc1nc(C(C)C)ns1. The maximum atomic E-state index is 4.45. The molecule has 2 aromatic heterocycles. The van der Waals surface area contributed by atoms with Crippen LogP contribution in [0.4, 0.5) is 5.13 Å². The molecule has 2 aromatic rings. The van der Waals surface area contributed by atoms with E-state index < -0.39 is 0 Å². The summed E-state index contributed by atoms with van der Waals surface area (Å²) in [5.74, 6) is 1.28. The maximum absolute atomic E-state index is 4.45. The molecular formula is C13H18N4S. The van der Waals surface area contributed by atoms with Crippen LogP contribution < -0.4 is 5.32 Å². The zero-order valence-corrected chi connectivity index (χ0v) is 11.8. The van der Waals surface area contributed by atoms with Crippen molar-refractivity contribution in [3.63, 3.8) is 0 Å². The predicted molar refractivity (Wildman–Crippen MR) is 74.9 cm³/mol. The van der Waals surface area contributed by atoms with Gasteiger partial charge in [0.2, 0.25) is 5.13 Å². The van der Waals surface area contributed by atoms with Crippen molar-refractivity contribution in [3.05, 3.63) is 35.4 Å². The molecule has 0 aliphatic rings. The average molecular weight is 262 g/mol. The molecule has 0 amide bonds. The van der Waals surface area contributed by atoms with Crippen LogP contribution in [0.5, 0.6) is 0 Å². The first-order valence-electron chi connectivity index (χ1n) is 6.21. The highest BCUT2D eigenvalue weighted by Crippen LogP contribution is 2.18. The van der Waals surface area contributed by atoms with Crippen LogP contribution >= 0.6 is 11.5 Å². The number of aryl methyl sites for hydroxylation is 1. The third kappa shape index (κ3) is 3.04. The van der Waals surface area contributed by atoms with Crippen LogP contribution in [0.25, 0.3) is 0 Å². The van der Waals surface area contributed by atoms with E-state index in [-0.39, 0.29) is 0 Å². The molecule has 0 radical (unpaired) electrons. The summed E-state index contributed by atoms with van der Waals surface area (Å²) in [6, 6.07) is 4.09. The zero-order chi connectivity index (χ0) is 13.0. The zero-order valence-electron chi connectivity index (χ0n) is 11.0. The minimum Gasteiger partial charge on any atom is -0.355 e. The van der Waals surface area contributed by atoms with Crippen LogP contribution in [-0.2, 0) is 13.0 Å². The van der Waals surface area contributed by atoms with Gasteiger partial charge in [0, 0.05) is 23.6 Å². The lowest BCUT2D eigenvalue weighted by atomic mass is 10.1. The van der Waals surface area contributed by atoms with Crippen LogP contribution in [0.2, 0.25) is 0 Å². The Kier molecular flexibility index (Phi) is 4.25. The standard InChI is InChI=1S/C13H18N4S/c1-4-10-6-5-7-14-11(10)8-15-13-16-12(9(2)3)17-18-13/h5-7,9H,4,8H2,1-3H3,(H,15,16,17). The molecule has 0 saturated heterocycles. The highest BCUT2D eigenvalue weighted by atomic mass is 32.1.